The van der Waals surface area contributed by atoms with E-state index in [1.165, 1.54) is 17.8 Å². The Hall–Kier alpha value is -3.13. The van der Waals surface area contributed by atoms with Gasteiger partial charge in [0.15, 0.2) is 11.0 Å². The molecule has 8 heteroatoms. The second kappa shape index (κ2) is 8.50. The van der Waals surface area contributed by atoms with Gasteiger partial charge < -0.3 is 4.74 Å². The third kappa shape index (κ3) is 4.17. The largest absolute Gasteiger partial charge is 0.497 e. The van der Waals surface area contributed by atoms with Crippen LogP contribution in [0.25, 0.3) is 11.4 Å². The van der Waals surface area contributed by atoms with Crippen LogP contribution >= 0.6 is 11.8 Å². The lowest BCUT2D eigenvalue weighted by Gasteiger charge is -2.08. The van der Waals surface area contributed by atoms with Crippen molar-refractivity contribution in [2.75, 3.05) is 7.11 Å². The summed E-state index contributed by atoms with van der Waals surface area (Å²) in [7, 11) is 1.62. The van der Waals surface area contributed by atoms with Crippen molar-refractivity contribution in [3.8, 4) is 17.1 Å². The molecule has 0 saturated heterocycles. The number of thioether (sulfide) groups is 1. The topological polar surface area (TPSA) is 83.1 Å². The fourth-order valence-electron chi connectivity index (χ4n) is 2.60. The minimum atomic E-state index is -0.368. The third-order valence-electron chi connectivity index (χ3n) is 3.92. The molecule has 1 aromatic heterocycles. The molecule has 138 valence electrons. The summed E-state index contributed by atoms with van der Waals surface area (Å²) >= 11 is 1.41. The molecule has 1 heterocycles. The lowest BCUT2D eigenvalue weighted by molar-refractivity contribution is -0.385. The van der Waals surface area contributed by atoms with E-state index in [0.29, 0.717) is 28.8 Å². The highest BCUT2D eigenvalue weighted by atomic mass is 32.2. The van der Waals surface area contributed by atoms with Crippen molar-refractivity contribution in [2.45, 2.75) is 17.5 Å². The van der Waals surface area contributed by atoms with Crippen molar-refractivity contribution in [3.05, 3.63) is 76.9 Å². The monoisotopic (exact) mass is 382 g/mol. The SMILES string of the molecule is C=CCn1c(SCc2ccccc2[N+](=O)[O-])nnc1-c1ccc(OC)cc1. The Kier molecular flexibility index (Phi) is 5.87. The smallest absolute Gasteiger partial charge is 0.273 e. The summed E-state index contributed by atoms with van der Waals surface area (Å²) in [6.45, 7) is 4.33. The highest BCUT2D eigenvalue weighted by Crippen LogP contribution is 2.30. The summed E-state index contributed by atoms with van der Waals surface area (Å²) < 4.78 is 7.13. The summed E-state index contributed by atoms with van der Waals surface area (Å²) in [5.74, 6) is 1.90. The first-order valence-electron chi connectivity index (χ1n) is 8.17. The normalized spacial score (nSPS) is 10.6. The molecule has 7 nitrogen and oxygen atoms in total. The fourth-order valence-corrected chi connectivity index (χ4v) is 3.54. The van der Waals surface area contributed by atoms with E-state index in [-0.39, 0.29) is 10.6 Å². The van der Waals surface area contributed by atoms with Crippen LogP contribution in [0.4, 0.5) is 5.69 Å². The fraction of sp³-hybridized carbons (Fsp3) is 0.158. The summed E-state index contributed by atoms with van der Waals surface area (Å²) in [6.07, 6.45) is 1.77. The van der Waals surface area contributed by atoms with Gasteiger partial charge in [-0.05, 0) is 24.3 Å². The van der Waals surface area contributed by atoms with Gasteiger partial charge in [0.1, 0.15) is 5.75 Å². The maximum Gasteiger partial charge on any atom is 0.273 e. The van der Waals surface area contributed by atoms with Crippen molar-refractivity contribution in [2.24, 2.45) is 0 Å². The number of nitro groups is 1. The number of methoxy groups -OCH3 is 1. The number of hydrogen-bond donors (Lipinski definition) is 0. The van der Waals surface area contributed by atoms with E-state index in [2.05, 4.69) is 16.8 Å². The maximum atomic E-state index is 11.2. The number of aromatic nitrogens is 3. The molecule has 3 aromatic rings. The van der Waals surface area contributed by atoms with Crippen molar-refractivity contribution in [1.82, 2.24) is 14.8 Å². The van der Waals surface area contributed by atoms with Crippen LogP contribution in [0.3, 0.4) is 0 Å². The highest BCUT2D eigenvalue weighted by molar-refractivity contribution is 7.98. The lowest BCUT2D eigenvalue weighted by Crippen LogP contribution is -2.01. The van der Waals surface area contributed by atoms with Crippen LogP contribution in [0.1, 0.15) is 5.56 Å². The highest BCUT2D eigenvalue weighted by Gasteiger charge is 2.17. The predicted octanol–water partition coefficient (Wildman–Crippen LogP) is 4.34. The number of nitrogens with zero attached hydrogens (tertiary/aromatic N) is 4. The maximum absolute atomic E-state index is 11.2. The van der Waals surface area contributed by atoms with E-state index in [1.807, 2.05) is 28.8 Å². The van der Waals surface area contributed by atoms with Crippen LogP contribution in [-0.2, 0) is 12.3 Å². The minimum Gasteiger partial charge on any atom is -0.497 e. The molecule has 0 N–H and O–H groups in total. The Morgan fingerprint density at radius 2 is 1.96 bits per heavy atom. The zero-order valence-corrected chi connectivity index (χ0v) is 15.6. The summed E-state index contributed by atoms with van der Waals surface area (Å²) in [5.41, 5.74) is 1.66. The quantitative estimate of drug-likeness (QED) is 0.249. The molecule has 0 amide bonds. The zero-order valence-electron chi connectivity index (χ0n) is 14.7. The number of hydrogen-bond acceptors (Lipinski definition) is 6. The zero-order chi connectivity index (χ0) is 19.2. The molecule has 0 aliphatic heterocycles. The Morgan fingerprint density at radius 3 is 2.63 bits per heavy atom. The number of nitro benzene ring substituents is 1. The van der Waals surface area contributed by atoms with Gasteiger partial charge in [0.2, 0.25) is 0 Å². The second-order valence-electron chi connectivity index (χ2n) is 5.61. The Labute approximate surface area is 160 Å². The van der Waals surface area contributed by atoms with Gasteiger partial charge in [0.05, 0.1) is 12.0 Å². The molecular formula is C19H18N4O3S. The van der Waals surface area contributed by atoms with Crippen LogP contribution in [0.2, 0.25) is 0 Å². The first kappa shape index (κ1) is 18.7. The molecule has 0 atom stereocenters. The van der Waals surface area contributed by atoms with Crippen molar-refractivity contribution in [3.63, 3.8) is 0 Å². The molecule has 0 saturated carbocycles. The van der Waals surface area contributed by atoms with Crippen molar-refractivity contribution in [1.29, 1.82) is 0 Å². The minimum absolute atomic E-state index is 0.107. The molecule has 0 aliphatic carbocycles. The Balaban J connectivity index is 1.87. The van der Waals surface area contributed by atoms with E-state index in [9.17, 15) is 10.1 Å². The van der Waals surface area contributed by atoms with E-state index >= 15 is 0 Å². The van der Waals surface area contributed by atoms with E-state index in [0.717, 1.165) is 11.3 Å². The van der Waals surface area contributed by atoms with E-state index < -0.39 is 0 Å². The molecule has 0 radical (unpaired) electrons. The van der Waals surface area contributed by atoms with Gasteiger partial charge in [-0.1, -0.05) is 36.0 Å². The molecule has 0 fully saturated rings. The van der Waals surface area contributed by atoms with Gasteiger partial charge in [0.25, 0.3) is 5.69 Å². The summed E-state index contributed by atoms with van der Waals surface area (Å²) in [5, 5.41) is 20.4. The average Bonchev–Trinajstić information content (AvgIpc) is 3.09. The molecule has 0 unspecified atom stereocenters. The summed E-state index contributed by atoms with van der Waals surface area (Å²) in [4.78, 5) is 10.8. The van der Waals surface area contributed by atoms with Crippen LogP contribution < -0.4 is 4.74 Å². The Morgan fingerprint density at radius 1 is 1.22 bits per heavy atom. The number of para-hydroxylation sites is 1. The van der Waals surface area contributed by atoms with Crippen LogP contribution in [-0.4, -0.2) is 26.8 Å². The number of allylic oxidation sites excluding steroid dienone is 1. The van der Waals surface area contributed by atoms with Gasteiger partial charge >= 0.3 is 0 Å². The standard InChI is InChI=1S/C19H18N4O3S/c1-3-12-22-18(14-8-10-16(26-2)11-9-14)20-21-19(22)27-13-15-6-4-5-7-17(15)23(24)25/h3-11H,1,12-13H2,2H3. The molecular weight excluding hydrogens is 364 g/mol. The molecule has 27 heavy (non-hydrogen) atoms. The van der Waals surface area contributed by atoms with Gasteiger partial charge in [-0.25, -0.2) is 0 Å². The summed E-state index contributed by atoms with van der Waals surface area (Å²) in [6, 6.07) is 14.3. The number of ether oxygens (including phenoxy) is 1. The third-order valence-corrected chi connectivity index (χ3v) is 4.94. The van der Waals surface area contributed by atoms with Gasteiger partial charge in [-0.2, -0.15) is 0 Å². The van der Waals surface area contributed by atoms with Crippen molar-refractivity contribution >= 4 is 17.4 Å². The second-order valence-corrected chi connectivity index (χ2v) is 6.55. The number of rotatable bonds is 8. The molecule has 3 rings (SSSR count). The van der Waals surface area contributed by atoms with E-state index in [4.69, 9.17) is 4.74 Å². The molecule has 0 bridgehead atoms. The van der Waals surface area contributed by atoms with Crippen LogP contribution in [0, 0.1) is 10.1 Å². The van der Waals surface area contributed by atoms with E-state index in [1.54, 1.807) is 31.4 Å². The number of benzene rings is 2. The molecule has 2 aromatic carbocycles. The molecule has 0 spiro atoms. The first-order chi connectivity index (χ1) is 13.1. The van der Waals surface area contributed by atoms with Gasteiger partial charge in [0, 0.05) is 29.5 Å². The molecule has 0 aliphatic rings. The van der Waals surface area contributed by atoms with Gasteiger partial charge in [-0.3, -0.25) is 14.7 Å². The van der Waals surface area contributed by atoms with Crippen LogP contribution in [0.15, 0.2) is 66.3 Å². The lowest BCUT2D eigenvalue weighted by atomic mass is 10.2. The first-order valence-corrected chi connectivity index (χ1v) is 9.16. The predicted molar refractivity (Wildman–Crippen MR) is 105 cm³/mol. The van der Waals surface area contributed by atoms with Crippen LogP contribution in [0.5, 0.6) is 5.75 Å². The van der Waals surface area contributed by atoms with Crippen molar-refractivity contribution < 1.29 is 9.66 Å². The average molecular weight is 382 g/mol. The Bertz CT molecular complexity index is 954. The van der Waals surface area contributed by atoms with Gasteiger partial charge in [-0.15, -0.1) is 16.8 Å².